The molecule has 5 heteroatoms. The Balaban J connectivity index is 1.83. The molecule has 0 spiro atoms. The first-order chi connectivity index (χ1) is 9.72. The first kappa shape index (κ1) is 15.0. The summed E-state index contributed by atoms with van der Waals surface area (Å²) in [6, 6.07) is 4.17. The Bertz CT molecular complexity index is 507. The monoisotopic (exact) mass is 292 g/mol. The fraction of sp³-hybridized carbons (Fsp3) is 0.533. The number of methoxy groups -OCH3 is 1. The van der Waals surface area contributed by atoms with Crippen LogP contribution in [0.1, 0.15) is 22.6 Å². The van der Waals surface area contributed by atoms with Gasteiger partial charge in [0.05, 0.1) is 24.4 Å². The molecular weight excluding hydrogens is 272 g/mol. The first-order valence-electron chi connectivity index (χ1n) is 6.80. The predicted octanol–water partition coefficient (Wildman–Crippen LogP) is 1.44. The topological polar surface area (TPSA) is 55.6 Å². The van der Waals surface area contributed by atoms with Crippen LogP contribution in [0.25, 0.3) is 0 Å². The number of hydrogen-bond donors (Lipinski definition) is 1. The molecule has 108 valence electrons. The maximum Gasteiger partial charge on any atom is 0.308 e. The van der Waals surface area contributed by atoms with Gasteiger partial charge in [0.15, 0.2) is 0 Å². The molecule has 0 unspecified atom stereocenters. The third-order valence-electron chi connectivity index (χ3n) is 3.48. The first-order valence-corrected chi connectivity index (χ1v) is 7.62. The van der Waals surface area contributed by atoms with Crippen LogP contribution in [0.5, 0.6) is 0 Å². The van der Waals surface area contributed by atoms with E-state index in [0.717, 1.165) is 37.4 Å². The Hall–Kier alpha value is -1.35. The summed E-state index contributed by atoms with van der Waals surface area (Å²) in [4.78, 5) is 16.2. The van der Waals surface area contributed by atoms with E-state index in [1.54, 1.807) is 11.3 Å². The molecule has 0 bridgehead atoms. The van der Waals surface area contributed by atoms with Crippen molar-refractivity contribution in [3.05, 3.63) is 21.9 Å². The number of rotatable bonds is 3. The maximum atomic E-state index is 11.5. The number of carbonyl (C=O) groups excluding carboxylic acids is 1. The predicted molar refractivity (Wildman–Crippen MR) is 80.3 cm³/mol. The minimum atomic E-state index is -0.0693. The largest absolute Gasteiger partial charge is 0.469 e. The SMILES string of the molecule is COC(=O)C1CCN(Cc2ccc(C#CCN)s2)CC1. The highest BCUT2D eigenvalue weighted by atomic mass is 32.1. The number of thiophene rings is 1. The fourth-order valence-corrected chi connectivity index (χ4v) is 3.31. The molecule has 4 nitrogen and oxygen atoms in total. The number of hydrogen-bond acceptors (Lipinski definition) is 5. The molecule has 1 fully saturated rings. The van der Waals surface area contributed by atoms with E-state index in [2.05, 4.69) is 22.8 Å². The molecule has 0 aliphatic carbocycles. The average molecular weight is 292 g/mol. The van der Waals surface area contributed by atoms with Crippen molar-refractivity contribution >= 4 is 17.3 Å². The van der Waals surface area contributed by atoms with Crippen molar-refractivity contribution in [3.63, 3.8) is 0 Å². The number of nitrogens with zero attached hydrogens (tertiary/aromatic N) is 1. The second-order valence-corrected chi connectivity index (χ2v) is 6.01. The van der Waals surface area contributed by atoms with Crippen molar-refractivity contribution < 1.29 is 9.53 Å². The number of carbonyl (C=O) groups is 1. The van der Waals surface area contributed by atoms with Crippen LogP contribution in [-0.2, 0) is 16.1 Å². The molecule has 1 aliphatic heterocycles. The molecule has 0 atom stereocenters. The second kappa shape index (κ2) is 7.44. The van der Waals surface area contributed by atoms with Crippen LogP contribution in [0.2, 0.25) is 0 Å². The van der Waals surface area contributed by atoms with Crippen molar-refractivity contribution in [2.75, 3.05) is 26.7 Å². The highest BCUT2D eigenvalue weighted by molar-refractivity contribution is 7.12. The number of likely N-dealkylation sites (tertiary alicyclic amines) is 1. The van der Waals surface area contributed by atoms with Gasteiger partial charge in [-0.2, -0.15) is 0 Å². The van der Waals surface area contributed by atoms with Gasteiger partial charge in [-0.05, 0) is 38.1 Å². The molecular formula is C15H20N2O2S. The quantitative estimate of drug-likeness (QED) is 0.676. The molecule has 1 saturated heterocycles. The fourth-order valence-electron chi connectivity index (χ4n) is 2.38. The van der Waals surface area contributed by atoms with Gasteiger partial charge in [-0.3, -0.25) is 9.69 Å². The van der Waals surface area contributed by atoms with E-state index in [1.807, 2.05) is 6.07 Å². The lowest BCUT2D eigenvalue weighted by Crippen LogP contribution is -2.36. The highest BCUT2D eigenvalue weighted by Crippen LogP contribution is 2.22. The smallest absolute Gasteiger partial charge is 0.308 e. The molecule has 20 heavy (non-hydrogen) atoms. The van der Waals surface area contributed by atoms with Crippen LogP contribution in [-0.4, -0.2) is 37.6 Å². The van der Waals surface area contributed by atoms with Gasteiger partial charge in [0.1, 0.15) is 0 Å². The Morgan fingerprint density at radius 1 is 1.50 bits per heavy atom. The molecule has 0 radical (unpaired) electrons. The van der Waals surface area contributed by atoms with E-state index >= 15 is 0 Å². The van der Waals surface area contributed by atoms with Crippen LogP contribution in [0.3, 0.4) is 0 Å². The van der Waals surface area contributed by atoms with Gasteiger partial charge in [0.2, 0.25) is 0 Å². The molecule has 1 aromatic rings. The number of nitrogens with two attached hydrogens (primary N) is 1. The standard InChI is InChI=1S/C15H20N2O2S/c1-19-15(18)12-6-9-17(10-7-12)11-14-5-4-13(20-14)3-2-8-16/h4-5,12H,6-11,16H2,1H3. The summed E-state index contributed by atoms with van der Waals surface area (Å²) in [5.41, 5.74) is 5.37. The molecule has 2 rings (SSSR count). The van der Waals surface area contributed by atoms with Gasteiger partial charge >= 0.3 is 5.97 Å². The van der Waals surface area contributed by atoms with E-state index < -0.39 is 0 Å². The van der Waals surface area contributed by atoms with E-state index in [4.69, 9.17) is 10.5 Å². The normalized spacial score (nSPS) is 16.5. The van der Waals surface area contributed by atoms with Crippen LogP contribution in [0.15, 0.2) is 12.1 Å². The molecule has 0 saturated carbocycles. The lowest BCUT2D eigenvalue weighted by Gasteiger charge is -2.30. The zero-order chi connectivity index (χ0) is 14.4. The lowest BCUT2D eigenvalue weighted by atomic mass is 9.97. The van der Waals surface area contributed by atoms with Crippen molar-refractivity contribution in [2.45, 2.75) is 19.4 Å². The summed E-state index contributed by atoms with van der Waals surface area (Å²) in [6.07, 6.45) is 1.77. The molecule has 0 amide bonds. The van der Waals surface area contributed by atoms with Gasteiger partial charge in [0, 0.05) is 11.4 Å². The summed E-state index contributed by atoms with van der Waals surface area (Å²) < 4.78 is 4.80. The molecule has 2 N–H and O–H groups in total. The number of ether oxygens (including phenoxy) is 1. The second-order valence-electron chi connectivity index (χ2n) is 4.85. The molecule has 0 aromatic carbocycles. The van der Waals surface area contributed by atoms with Gasteiger partial charge < -0.3 is 10.5 Å². The van der Waals surface area contributed by atoms with Crippen molar-refractivity contribution in [2.24, 2.45) is 11.7 Å². The Labute approximate surface area is 123 Å². The highest BCUT2D eigenvalue weighted by Gasteiger charge is 2.25. The third kappa shape index (κ3) is 4.07. The number of esters is 1. The van der Waals surface area contributed by atoms with Gasteiger partial charge in [-0.15, -0.1) is 11.3 Å². The van der Waals surface area contributed by atoms with Crippen LogP contribution < -0.4 is 5.73 Å². The Morgan fingerprint density at radius 2 is 2.25 bits per heavy atom. The summed E-state index contributed by atoms with van der Waals surface area (Å²) in [6.45, 7) is 3.22. The van der Waals surface area contributed by atoms with E-state index in [-0.39, 0.29) is 11.9 Å². The van der Waals surface area contributed by atoms with Crippen LogP contribution >= 0.6 is 11.3 Å². The van der Waals surface area contributed by atoms with Crippen molar-refractivity contribution in [1.82, 2.24) is 4.90 Å². The van der Waals surface area contributed by atoms with Gasteiger partial charge in [-0.1, -0.05) is 11.8 Å². The summed E-state index contributed by atoms with van der Waals surface area (Å²) in [7, 11) is 1.46. The summed E-state index contributed by atoms with van der Waals surface area (Å²) >= 11 is 1.72. The molecule has 2 heterocycles. The zero-order valence-corrected chi connectivity index (χ0v) is 12.5. The van der Waals surface area contributed by atoms with Crippen LogP contribution in [0.4, 0.5) is 0 Å². The summed E-state index contributed by atoms with van der Waals surface area (Å²) in [5.74, 6) is 5.93. The van der Waals surface area contributed by atoms with E-state index in [1.165, 1.54) is 12.0 Å². The van der Waals surface area contributed by atoms with Gasteiger partial charge in [-0.25, -0.2) is 0 Å². The molecule has 1 aromatic heterocycles. The van der Waals surface area contributed by atoms with Crippen molar-refractivity contribution in [1.29, 1.82) is 0 Å². The average Bonchev–Trinajstić information content (AvgIpc) is 2.92. The third-order valence-corrected chi connectivity index (χ3v) is 4.46. The minimum absolute atomic E-state index is 0.0693. The zero-order valence-electron chi connectivity index (χ0n) is 11.7. The van der Waals surface area contributed by atoms with Crippen LogP contribution in [0, 0.1) is 17.8 Å². The molecule has 1 aliphatic rings. The minimum Gasteiger partial charge on any atom is -0.469 e. The maximum absolute atomic E-state index is 11.5. The Morgan fingerprint density at radius 3 is 2.90 bits per heavy atom. The summed E-state index contributed by atoms with van der Waals surface area (Å²) in [5, 5.41) is 0. The Kier molecular flexibility index (Phi) is 5.60. The number of piperidine rings is 1. The van der Waals surface area contributed by atoms with E-state index in [0.29, 0.717) is 6.54 Å². The van der Waals surface area contributed by atoms with Crippen molar-refractivity contribution in [3.8, 4) is 11.8 Å². The lowest BCUT2D eigenvalue weighted by molar-refractivity contribution is -0.147. The van der Waals surface area contributed by atoms with Gasteiger partial charge in [0.25, 0.3) is 0 Å². The van der Waals surface area contributed by atoms with E-state index in [9.17, 15) is 4.79 Å².